The molecule has 1 heterocycles. The maximum Gasteiger partial charge on any atom is 0.0722 e. The van der Waals surface area contributed by atoms with E-state index in [1.54, 1.807) is 11.8 Å². The molecular formula is C23H32S4. The topological polar surface area (TPSA) is 0 Å². The molecule has 0 unspecified atom stereocenters. The highest BCUT2D eigenvalue weighted by Crippen LogP contribution is 2.48. The number of rotatable bonds is 13. The van der Waals surface area contributed by atoms with Crippen molar-refractivity contribution in [2.24, 2.45) is 0 Å². The molecule has 0 atom stereocenters. The van der Waals surface area contributed by atoms with Crippen LogP contribution in [0.5, 0.6) is 0 Å². The summed E-state index contributed by atoms with van der Waals surface area (Å²) < 4.78 is 2.33. The van der Waals surface area contributed by atoms with Gasteiger partial charge in [0.15, 0.2) is 0 Å². The van der Waals surface area contributed by atoms with Crippen molar-refractivity contribution in [3.8, 4) is 0 Å². The molecule has 148 valence electrons. The van der Waals surface area contributed by atoms with Gasteiger partial charge < -0.3 is 0 Å². The summed E-state index contributed by atoms with van der Waals surface area (Å²) in [6, 6.07) is 10.6. The first-order valence-electron chi connectivity index (χ1n) is 10.3. The normalized spacial score (nSPS) is 15.3. The Kier molecular flexibility index (Phi) is 12.7. The minimum atomic E-state index is 1.03. The van der Waals surface area contributed by atoms with Gasteiger partial charge in [-0.15, -0.1) is 11.8 Å². The second-order valence-electron chi connectivity index (χ2n) is 6.88. The monoisotopic (exact) mass is 436 g/mol. The van der Waals surface area contributed by atoms with Crippen molar-refractivity contribution in [3.05, 3.63) is 51.6 Å². The Labute approximate surface area is 184 Å². The summed E-state index contributed by atoms with van der Waals surface area (Å²) in [5, 5.41) is 2.24. The molecule has 4 heteroatoms. The fraction of sp³-hybridized carbons (Fsp3) is 0.522. The van der Waals surface area contributed by atoms with Gasteiger partial charge in [-0.2, -0.15) is 0 Å². The summed E-state index contributed by atoms with van der Waals surface area (Å²) in [4.78, 5) is 1.33. The number of unbranched alkanes of at least 4 members (excludes halogenated alkanes) is 9. The second kappa shape index (κ2) is 14.8. The second-order valence-corrected chi connectivity index (χ2v) is 11.0. The Bertz CT molecular complexity index is 604. The molecule has 2 rings (SSSR count). The minimum Gasteiger partial charge on any atom is -0.115 e. The third-order valence-electron chi connectivity index (χ3n) is 4.53. The van der Waals surface area contributed by atoms with E-state index in [0.29, 0.717) is 0 Å². The van der Waals surface area contributed by atoms with Crippen molar-refractivity contribution < 1.29 is 0 Å². The Morgan fingerprint density at radius 3 is 2.22 bits per heavy atom. The maximum absolute atomic E-state index is 5.55. The SMILES string of the molecule is CCCCCCCCCCCCSC(=S)/C=C1\SC=C(c2ccccc2)S1. The summed E-state index contributed by atoms with van der Waals surface area (Å²) in [6.07, 6.45) is 16.1. The van der Waals surface area contributed by atoms with Gasteiger partial charge in [-0.25, -0.2) is 0 Å². The lowest BCUT2D eigenvalue weighted by atomic mass is 10.1. The van der Waals surface area contributed by atoms with E-state index in [1.807, 2.05) is 23.5 Å². The zero-order valence-corrected chi connectivity index (χ0v) is 19.7. The Hall–Kier alpha value is -0.160. The molecule has 0 amide bonds. The van der Waals surface area contributed by atoms with Gasteiger partial charge in [-0.05, 0) is 29.2 Å². The van der Waals surface area contributed by atoms with Gasteiger partial charge in [-0.1, -0.05) is 131 Å². The van der Waals surface area contributed by atoms with E-state index in [-0.39, 0.29) is 0 Å². The van der Waals surface area contributed by atoms with Crippen LogP contribution in [0.15, 0.2) is 46.1 Å². The van der Waals surface area contributed by atoms with Crippen molar-refractivity contribution in [2.75, 3.05) is 5.75 Å². The number of benzene rings is 1. The first-order chi connectivity index (χ1) is 13.3. The summed E-state index contributed by atoms with van der Waals surface area (Å²) in [5.74, 6) is 1.16. The van der Waals surface area contributed by atoms with Crippen LogP contribution in [0.1, 0.15) is 76.7 Å². The molecule has 0 N–H and O–H groups in total. The van der Waals surface area contributed by atoms with Gasteiger partial charge in [-0.3, -0.25) is 0 Å². The van der Waals surface area contributed by atoms with Crippen LogP contribution in [0, 0.1) is 0 Å². The third kappa shape index (κ3) is 10.3. The molecule has 1 aliphatic heterocycles. The summed E-state index contributed by atoms with van der Waals surface area (Å²) in [6.45, 7) is 2.28. The molecule has 1 aromatic carbocycles. The van der Waals surface area contributed by atoms with Crippen LogP contribution in [0.4, 0.5) is 0 Å². The third-order valence-corrected chi connectivity index (χ3v) is 8.18. The maximum atomic E-state index is 5.55. The van der Waals surface area contributed by atoms with E-state index in [2.05, 4.69) is 48.7 Å². The van der Waals surface area contributed by atoms with Gasteiger partial charge in [0.05, 0.1) is 8.43 Å². The van der Waals surface area contributed by atoms with Crippen LogP contribution in [-0.4, -0.2) is 9.95 Å². The molecule has 0 saturated carbocycles. The van der Waals surface area contributed by atoms with Gasteiger partial charge in [0.1, 0.15) is 0 Å². The first kappa shape index (κ1) is 23.1. The lowest BCUT2D eigenvalue weighted by Crippen LogP contribution is -1.88. The van der Waals surface area contributed by atoms with E-state index in [1.165, 1.54) is 78.9 Å². The molecule has 0 radical (unpaired) electrons. The highest BCUT2D eigenvalue weighted by Gasteiger charge is 2.14. The fourth-order valence-corrected chi connectivity index (χ4v) is 6.51. The van der Waals surface area contributed by atoms with E-state index >= 15 is 0 Å². The quantitative estimate of drug-likeness (QED) is 0.171. The Morgan fingerprint density at radius 1 is 0.926 bits per heavy atom. The van der Waals surface area contributed by atoms with Crippen molar-refractivity contribution in [2.45, 2.75) is 71.1 Å². The lowest BCUT2D eigenvalue weighted by molar-refractivity contribution is 0.563. The average Bonchev–Trinajstić information content (AvgIpc) is 3.15. The van der Waals surface area contributed by atoms with Crippen molar-refractivity contribution >= 4 is 56.6 Å². The smallest absolute Gasteiger partial charge is 0.0722 e. The molecule has 1 aromatic rings. The number of thioether (sulfide) groups is 3. The van der Waals surface area contributed by atoms with Gasteiger partial charge in [0.25, 0.3) is 0 Å². The van der Waals surface area contributed by atoms with Crippen LogP contribution in [0.2, 0.25) is 0 Å². The predicted octanol–water partition coefficient (Wildman–Crippen LogP) is 9.29. The highest BCUT2D eigenvalue weighted by atomic mass is 32.2. The van der Waals surface area contributed by atoms with Crippen molar-refractivity contribution in [3.63, 3.8) is 0 Å². The fourth-order valence-electron chi connectivity index (χ4n) is 2.96. The molecule has 0 aliphatic carbocycles. The van der Waals surface area contributed by atoms with Crippen LogP contribution < -0.4 is 0 Å². The summed E-state index contributed by atoms with van der Waals surface area (Å²) in [5.41, 5.74) is 1.29. The largest absolute Gasteiger partial charge is 0.115 e. The zero-order valence-electron chi connectivity index (χ0n) is 16.5. The average molecular weight is 437 g/mol. The number of thiocarbonyl (C=S) groups is 1. The number of hydrogen-bond acceptors (Lipinski definition) is 4. The van der Waals surface area contributed by atoms with Crippen LogP contribution in [-0.2, 0) is 0 Å². The van der Waals surface area contributed by atoms with Gasteiger partial charge >= 0.3 is 0 Å². The van der Waals surface area contributed by atoms with E-state index in [4.69, 9.17) is 12.2 Å². The van der Waals surface area contributed by atoms with Gasteiger partial charge in [0.2, 0.25) is 0 Å². The molecule has 0 bridgehead atoms. The van der Waals surface area contributed by atoms with Crippen molar-refractivity contribution in [1.82, 2.24) is 0 Å². The van der Waals surface area contributed by atoms with E-state index in [9.17, 15) is 0 Å². The van der Waals surface area contributed by atoms with Gasteiger partial charge in [0, 0.05) is 4.91 Å². The molecule has 0 nitrogen and oxygen atoms in total. The molecule has 0 saturated heterocycles. The molecule has 1 aliphatic rings. The molecule has 27 heavy (non-hydrogen) atoms. The standard InChI is InChI=1S/C23H32S4/c1-2-3-4-5-6-7-8-9-10-14-17-25-22(24)18-23-26-19-21(27-23)20-15-12-11-13-16-20/h11-13,15-16,18-19H,2-10,14,17H2,1H3/b23-18+. The highest BCUT2D eigenvalue weighted by molar-refractivity contribution is 8.31. The Morgan fingerprint density at radius 2 is 1.56 bits per heavy atom. The molecule has 0 aromatic heterocycles. The van der Waals surface area contributed by atoms with Crippen molar-refractivity contribution in [1.29, 1.82) is 0 Å². The van der Waals surface area contributed by atoms with Crippen LogP contribution >= 0.6 is 47.5 Å². The van der Waals surface area contributed by atoms with E-state index < -0.39 is 0 Å². The minimum absolute atomic E-state index is 1.03. The van der Waals surface area contributed by atoms with E-state index in [0.717, 1.165) is 9.95 Å². The molecular weight excluding hydrogens is 405 g/mol. The molecule has 0 fully saturated rings. The summed E-state index contributed by atoms with van der Waals surface area (Å²) in [7, 11) is 0. The Balaban J connectivity index is 1.49. The predicted molar refractivity (Wildman–Crippen MR) is 135 cm³/mol. The molecule has 0 spiro atoms. The first-order valence-corrected chi connectivity index (χ1v) is 13.4. The number of hydrogen-bond donors (Lipinski definition) is 0. The zero-order chi connectivity index (χ0) is 19.2. The lowest BCUT2D eigenvalue weighted by Gasteiger charge is -2.03. The van der Waals surface area contributed by atoms with Crippen LogP contribution in [0.3, 0.4) is 0 Å². The van der Waals surface area contributed by atoms with Crippen LogP contribution in [0.25, 0.3) is 4.91 Å². The summed E-state index contributed by atoms with van der Waals surface area (Å²) >= 11 is 11.0.